The molecule has 5 nitrogen and oxygen atoms in total. The van der Waals surface area contributed by atoms with Crippen LogP contribution in [0.5, 0.6) is 0 Å². The van der Waals surface area contributed by atoms with Crippen molar-refractivity contribution in [1.29, 1.82) is 0 Å². The van der Waals surface area contributed by atoms with E-state index in [0.29, 0.717) is 6.54 Å². The highest BCUT2D eigenvalue weighted by Crippen LogP contribution is 2.18. The van der Waals surface area contributed by atoms with Crippen LogP contribution in [0.25, 0.3) is 11.0 Å². The van der Waals surface area contributed by atoms with Crippen LogP contribution in [-0.4, -0.2) is 19.9 Å². The molecule has 0 aliphatic carbocycles. The van der Waals surface area contributed by atoms with Crippen LogP contribution in [0.4, 0.5) is 5.82 Å². The maximum Gasteiger partial charge on any atom is 0.142 e. The number of fused-ring (bicyclic) bond motifs is 1. The fourth-order valence-electron chi connectivity index (χ4n) is 2.20. The van der Waals surface area contributed by atoms with Crippen molar-refractivity contribution >= 4 is 16.9 Å². The molecule has 0 aliphatic heterocycles. The smallest absolute Gasteiger partial charge is 0.142 e. The number of nitrogens with zero attached hydrogens (tertiary/aromatic N) is 3. The minimum Gasteiger partial charge on any atom is -0.364 e. The Hall–Kier alpha value is -2.43. The molecule has 0 saturated carbocycles. The van der Waals surface area contributed by atoms with Gasteiger partial charge in [-0.2, -0.15) is 0 Å². The Morgan fingerprint density at radius 2 is 2.11 bits per heavy atom. The second kappa shape index (κ2) is 4.68. The molecule has 0 spiro atoms. The summed E-state index contributed by atoms with van der Waals surface area (Å²) in [5, 5.41) is 4.30. The number of nitrogens with one attached hydrogen (secondary N) is 2. The third-order valence-electron chi connectivity index (χ3n) is 2.94. The Labute approximate surface area is 111 Å². The molecule has 3 aromatic rings. The molecule has 3 rings (SSSR count). The highest BCUT2D eigenvalue weighted by atomic mass is 15.0. The standard InChI is InChI=1S/C14H15N5/c1-9-5-10(2)19-11(6-9)7-16-14-12-3-4-15-13(12)17-8-18-14/h3-6,8H,7H2,1-2H3,(H2,15,16,17,18). The highest BCUT2D eigenvalue weighted by molar-refractivity contribution is 5.86. The monoisotopic (exact) mass is 253 g/mol. The second-order valence-corrected chi connectivity index (χ2v) is 4.59. The van der Waals surface area contributed by atoms with Gasteiger partial charge in [0.2, 0.25) is 0 Å². The Morgan fingerprint density at radius 1 is 1.21 bits per heavy atom. The number of hydrogen-bond acceptors (Lipinski definition) is 4. The molecule has 3 aromatic heterocycles. The topological polar surface area (TPSA) is 66.5 Å². The van der Waals surface area contributed by atoms with Crippen molar-refractivity contribution in [3.05, 3.63) is 47.7 Å². The zero-order chi connectivity index (χ0) is 13.2. The van der Waals surface area contributed by atoms with E-state index in [-0.39, 0.29) is 0 Å². The van der Waals surface area contributed by atoms with Gasteiger partial charge < -0.3 is 10.3 Å². The number of pyridine rings is 1. The summed E-state index contributed by atoms with van der Waals surface area (Å²) in [6, 6.07) is 6.11. The quantitative estimate of drug-likeness (QED) is 0.753. The highest BCUT2D eigenvalue weighted by Gasteiger charge is 2.04. The Bertz CT molecular complexity index is 696. The summed E-state index contributed by atoms with van der Waals surface area (Å²) in [7, 11) is 0. The lowest BCUT2D eigenvalue weighted by molar-refractivity contribution is 0.995. The van der Waals surface area contributed by atoms with Crippen LogP contribution in [0, 0.1) is 13.8 Å². The van der Waals surface area contributed by atoms with Crippen molar-refractivity contribution in [3.8, 4) is 0 Å². The molecule has 0 fully saturated rings. The molecular weight excluding hydrogens is 238 g/mol. The number of aromatic nitrogens is 4. The largest absolute Gasteiger partial charge is 0.364 e. The molecule has 0 bridgehead atoms. The van der Waals surface area contributed by atoms with E-state index in [1.165, 1.54) is 5.56 Å². The van der Waals surface area contributed by atoms with E-state index in [4.69, 9.17) is 0 Å². The SMILES string of the molecule is Cc1cc(C)nc(CNc2ncnc3[nH]ccc23)c1. The predicted molar refractivity (Wildman–Crippen MR) is 74.9 cm³/mol. The lowest BCUT2D eigenvalue weighted by Gasteiger charge is -2.07. The Morgan fingerprint density at radius 3 is 2.95 bits per heavy atom. The third kappa shape index (κ3) is 2.40. The van der Waals surface area contributed by atoms with Gasteiger partial charge in [0.1, 0.15) is 17.8 Å². The Balaban J connectivity index is 1.84. The van der Waals surface area contributed by atoms with Crippen LogP contribution < -0.4 is 5.32 Å². The molecular formula is C14H15N5. The van der Waals surface area contributed by atoms with E-state index in [2.05, 4.69) is 44.3 Å². The molecule has 5 heteroatoms. The van der Waals surface area contributed by atoms with Crippen LogP contribution in [0.1, 0.15) is 17.0 Å². The number of aromatic amines is 1. The van der Waals surface area contributed by atoms with Crippen LogP contribution >= 0.6 is 0 Å². The molecule has 0 radical (unpaired) electrons. The van der Waals surface area contributed by atoms with E-state index in [1.54, 1.807) is 6.33 Å². The molecule has 0 saturated heterocycles. The van der Waals surface area contributed by atoms with Crippen molar-refractivity contribution < 1.29 is 0 Å². The molecule has 0 atom stereocenters. The normalized spacial score (nSPS) is 10.8. The van der Waals surface area contributed by atoms with E-state index in [1.807, 2.05) is 19.2 Å². The zero-order valence-corrected chi connectivity index (χ0v) is 10.9. The van der Waals surface area contributed by atoms with Gasteiger partial charge in [0.05, 0.1) is 17.6 Å². The number of H-pyrrole nitrogens is 1. The van der Waals surface area contributed by atoms with E-state index in [9.17, 15) is 0 Å². The maximum atomic E-state index is 4.50. The van der Waals surface area contributed by atoms with Crippen LogP contribution in [0.2, 0.25) is 0 Å². The van der Waals surface area contributed by atoms with Gasteiger partial charge in [0.15, 0.2) is 0 Å². The van der Waals surface area contributed by atoms with Gasteiger partial charge >= 0.3 is 0 Å². The summed E-state index contributed by atoms with van der Waals surface area (Å²) in [6.07, 6.45) is 3.41. The molecule has 19 heavy (non-hydrogen) atoms. The molecule has 0 aliphatic rings. The average molecular weight is 253 g/mol. The lowest BCUT2D eigenvalue weighted by atomic mass is 10.2. The fraction of sp³-hybridized carbons (Fsp3) is 0.214. The lowest BCUT2D eigenvalue weighted by Crippen LogP contribution is -2.05. The van der Waals surface area contributed by atoms with Crippen molar-refractivity contribution in [2.45, 2.75) is 20.4 Å². The minimum atomic E-state index is 0.653. The number of aryl methyl sites for hydroxylation is 2. The number of anilines is 1. The minimum absolute atomic E-state index is 0.653. The Kier molecular flexibility index (Phi) is 2.87. The van der Waals surface area contributed by atoms with Crippen molar-refractivity contribution in [2.24, 2.45) is 0 Å². The molecule has 0 amide bonds. The second-order valence-electron chi connectivity index (χ2n) is 4.59. The molecule has 96 valence electrons. The third-order valence-corrected chi connectivity index (χ3v) is 2.94. The molecule has 0 aromatic carbocycles. The van der Waals surface area contributed by atoms with Crippen molar-refractivity contribution in [3.63, 3.8) is 0 Å². The first-order valence-corrected chi connectivity index (χ1v) is 6.18. The van der Waals surface area contributed by atoms with Gasteiger partial charge in [0, 0.05) is 11.9 Å². The van der Waals surface area contributed by atoms with Crippen molar-refractivity contribution in [1.82, 2.24) is 19.9 Å². The molecule has 3 heterocycles. The summed E-state index contributed by atoms with van der Waals surface area (Å²) in [5.41, 5.74) is 4.11. The van der Waals surface area contributed by atoms with Crippen LogP contribution in [0.15, 0.2) is 30.7 Å². The summed E-state index contributed by atoms with van der Waals surface area (Å²) < 4.78 is 0. The summed E-state index contributed by atoms with van der Waals surface area (Å²) in [6.45, 7) is 4.73. The summed E-state index contributed by atoms with van der Waals surface area (Å²) in [4.78, 5) is 16.0. The maximum absolute atomic E-state index is 4.50. The van der Waals surface area contributed by atoms with E-state index >= 15 is 0 Å². The van der Waals surface area contributed by atoms with E-state index < -0.39 is 0 Å². The van der Waals surface area contributed by atoms with Gasteiger partial charge in [-0.1, -0.05) is 0 Å². The van der Waals surface area contributed by atoms with Crippen LogP contribution in [0.3, 0.4) is 0 Å². The summed E-state index contributed by atoms with van der Waals surface area (Å²) >= 11 is 0. The first-order valence-electron chi connectivity index (χ1n) is 6.18. The summed E-state index contributed by atoms with van der Waals surface area (Å²) in [5.74, 6) is 0.826. The van der Waals surface area contributed by atoms with Gasteiger partial charge in [-0.25, -0.2) is 9.97 Å². The van der Waals surface area contributed by atoms with Crippen molar-refractivity contribution in [2.75, 3.05) is 5.32 Å². The molecule has 2 N–H and O–H groups in total. The predicted octanol–water partition coefficient (Wildman–Crippen LogP) is 2.58. The van der Waals surface area contributed by atoms with Gasteiger partial charge in [0.25, 0.3) is 0 Å². The average Bonchev–Trinajstić information content (AvgIpc) is 2.83. The van der Waals surface area contributed by atoms with E-state index in [0.717, 1.165) is 28.2 Å². The van der Waals surface area contributed by atoms with Gasteiger partial charge in [-0.05, 0) is 37.6 Å². The number of rotatable bonds is 3. The number of hydrogen-bond donors (Lipinski definition) is 2. The fourth-order valence-corrected chi connectivity index (χ4v) is 2.20. The van der Waals surface area contributed by atoms with Crippen LogP contribution in [-0.2, 0) is 6.54 Å². The van der Waals surface area contributed by atoms with Gasteiger partial charge in [-0.3, -0.25) is 4.98 Å². The van der Waals surface area contributed by atoms with Gasteiger partial charge in [-0.15, -0.1) is 0 Å². The zero-order valence-electron chi connectivity index (χ0n) is 10.9. The molecule has 0 unspecified atom stereocenters. The first-order chi connectivity index (χ1) is 9.22. The first kappa shape index (κ1) is 11.6.